The Morgan fingerprint density at radius 2 is 1.94 bits per heavy atom. The molecule has 8 heteroatoms. The SMILES string of the molecule is CC(/C=C\S(C)=O)NC(=O)C1(F)CCN(Sc2ccc(Cl)cc2-c2ccccc2)CC1. The minimum absolute atomic E-state index is 0.121. The van der Waals surface area contributed by atoms with Gasteiger partial charge in [0.05, 0.1) is 0 Å². The van der Waals surface area contributed by atoms with Gasteiger partial charge in [0.1, 0.15) is 0 Å². The van der Waals surface area contributed by atoms with Gasteiger partial charge >= 0.3 is 0 Å². The van der Waals surface area contributed by atoms with E-state index in [-0.39, 0.29) is 18.9 Å². The number of carbonyl (C=O) groups excluding carboxylic acids is 1. The number of nitrogens with zero attached hydrogens (tertiary/aromatic N) is 1. The fourth-order valence-corrected chi connectivity index (χ4v) is 5.01. The van der Waals surface area contributed by atoms with Crippen LogP contribution in [0.5, 0.6) is 0 Å². The highest BCUT2D eigenvalue weighted by Crippen LogP contribution is 2.38. The third kappa shape index (κ3) is 6.65. The Balaban J connectivity index is 1.63. The first-order chi connectivity index (χ1) is 14.8. The Hall–Kier alpha value is -1.67. The van der Waals surface area contributed by atoms with Gasteiger partial charge in [-0.05, 0) is 48.2 Å². The van der Waals surface area contributed by atoms with Crippen molar-refractivity contribution in [3.63, 3.8) is 0 Å². The third-order valence-corrected chi connectivity index (χ3v) is 7.04. The van der Waals surface area contributed by atoms with Crippen LogP contribution < -0.4 is 5.32 Å². The summed E-state index contributed by atoms with van der Waals surface area (Å²) in [6, 6.07) is 15.4. The first kappa shape index (κ1) is 24.0. The number of piperidine rings is 1. The van der Waals surface area contributed by atoms with Gasteiger partial charge < -0.3 is 5.32 Å². The van der Waals surface area contributed by atoms with Gasteiger partial charge in [0.25, 0.3) is 5.91 Å². The molecule has 2 atom stereocenters. The molecule has 0 aromatic heterocycles. The van der Waals surface area contributed by atoms with Gasteiger partial charge in [-0.3, -0.25) is 9.00 Å². The molecule has 0 radical (unpaired) electrons. The van der Waals surface area contributed by atoms with Gasteiger partial charge in [-0.1, -0.05) is 48.0 Å². The number of alkyl halides is 1. The maximum Gasteiger partial charge on any atom is 0.258 e. The predicted molar refractivity (Wildman–Crippen MR) is 128 cm³/mol. The lowest BCUT2D eigenvalue weighted by Crippen LogP contribution is -2.51. The van der Waals surface area contributed by atoms with E-state index >= 15 is 4.39 Å². The van der Waals surface area contributed by atoms with Crippen LogP contribution in [0.2, 0.25) is 5.02 Å². The second kappa shape index (κ2) is 10.8. The van der Waals surface area contributed by atoms with Gasteiger partial charge in [-0.25, -0.2) is 8.70 Å². The van der Waals surface area contributed by atoms with Crippen molar-refractivity contribution in [3.8, 4) is 11.1 Å². The fourth-order valence-electron chi connectivity index (χ4n) is 3.34. The number of rotatable bonds is 7. The number of benzene rings is 2. The molecule has 2 aromatic rings. The molecular weight excluding hydrogens is 455 g/mol. The van der Waals surface area contributed by atoms with Crippen LogP contribution in [0.4, 0.5) is 4.39 Å². The molecule has 166 valence electrons. The van der Waals surface area contributed by atoms with E-state index < -0.39 is 22.4 Å². The van der Waals surface area contributed by atoms with Crippen LogP contribution in [0.3, 0.4) is 0 Å². The van der Waals surface area contributed by atoms with Crippen molar-refractivity contribution in [1.29, 1.82) is 0 Å². The molecule has 1 heterocycles. The first-order valence-corrected chi connectivity index (χ1v) is 12.8. The molecule has 1 saturated heterocycles. The van der Waals surface area contributed by atoms with Crippen LogP contribution in [0.1, 0.15) is 19.8 Å². The Labute approximate surface area is 194 Å². The maximum atomic E-state index is 15.3. The Morgan fingerprint density at radius 3 is 2.58 bits per heavy atom. The van der Waals surface area contributed by atoms with Crippen molar-refractivity contribution in [2.75, 3.05) is 19.3 Å². The van der Waals surface area contributed by atoms with E-state index in [2.05, 4.69) is 9.62 Å². The van der Waals surface area contributed by atoms with Crippen LogP contribution in [-0.4, -0.2) is 45.5 Å². The summed E-state index contributed by atoms with van der Waals surface area (Å²) in [4.78, 5) is 13.5. The highest BCUT2D eigenvalue weighted by molar-refractivity contribution is 7.97. The number of hydrogen-bond donors (Lipinski definition) is 1. The number of nitrogens with one attached hydrogen (secondary N) is 1. The number of carbonyl (C=O) groups is 1. The Bertz CT molecular complexity index is 963. The van der Waals surface area contributed by atoms with E-state index in [0.29, 0.717) is 18.1 Å². The van der Waals surface area contributed by atoms with Gasteiger partial charge in [-0.2, -0.15) is 0 Å². The minimum atomic E-state index is -1.90. The van der Waals surface area contributed by atoms with Crippen molar-refractivity contribution in [2.45, 2.75) is 36.4 Å². The molecule has 0 spiro atoms. The van der Waals surface area contributed by atoms with Gasteiger partial charge in [0.15, 0.2) is 5.67 Å². The van der Waals surface area contributed by atoms with E-state index in [4.69, 9.17) is 11.6 Å². The Kier molecular flexibility index (Phi) is 8.33. The molecule has 1 aliphatic heterocycles. The second-order valence-corrected chi connectivity index (χ2v) is 10.4. The highest BCUT2D eigenvalue weighted by Gasteiger charge is 2.42. The lowest BCUT2D eigenvalue weighted by molar-refractivity contribution is -0.135. The third-order valence-electron chi connectivity index (χ3n) is 5.09. The quantitative estimate of drug-likeness (QED) is 0.552. The van der Waals surface area contributed by atoms with Crippen LogP contribution in [0.15, 0.2) is 64.9 Å². The molecule has 1 fully saturated rings. The molecule has 3 rings (SSSR count). The number of amides is 1. The molecule has 0 aliphatic carbocycles. The molecule has 4 nitrogen and oxygen atoms in total. The topological polar surface area (TPSA) is 49.4 Å². The van der Waals surface area contributed by atoms with Crippen LogP contribution >= 0.6 is 23.5 Å². The normalized spacial score (nSPS) is 18.6. The molecule has 2 unspecified atom stereocenters. The largest absolute Gasteiger partial charge is 0.347 e. The second-order valence-electron chi connectivity index (χ2n) is 7.58. The summed E-state index contributed by atoms with van der Waals surface area (Å²) in [5.41, 5.74) is 0.202. The zero-order valence-electron chi connectivity index (χ0n) is 17.5. The fraction of sp³-hybridized carbons (Fsp3) is 0.348. The van der Waals surface area contributed by atoms with Crippen molar-refractivity contribution in [1.82, 2.24) is 9.62 Å². The van der Waals surface area contributed by atoms with Gasteiger partial charge in [0, 0.05) is 64.4 Å². The molecule has 0 saturated carbocycles. The molecule has 1 amide bonds. The predicted octanol–water partition coefficient (Wildman–Crippen LogP) is 5.22. The van der Waals surface area contributed by atoms with Crippen molar-refractivity contribution >= 4 is 40.3 Å². The smallest absolute Gasteiger partial charge is 0.258 e. The highest BCUT2D eigenvalue weighted by atomic mass is 35.5. The number of halogens is 2. The average Bonchev–Trinajstić information content (AvgIpc) is 2.75. The maximum absolute atomic E-state index is 15.3. The zero-order chi connectivity index (χ0) is 22.4. The zero-order valence-corrected chi connectivity index (χ0v) is 19.9. The van der Waals surface area contributed by atoms with Crippen molar-refractivity contribution in [2.24, 2.45) is 0 Å². The van der Waals surface area contributed by atoms with E-state index in [9.17, 15) is 9.00 Å². The van der Waals surface area contributed by atoms with Crippen molar-refractivity contribution in [3.05, 3.63) is 65.0 Å². The van der Waals surface area contributed by atoms with E-state index in [1.54, 1.807) is 31.2 Å². The molecule has 1 aliphatic rings. The summed E-state index contributed by atoms with van der Waals surface area (Å²) in [6.45, 7) is 2.64. The lowest BCUT2D eigenvalue weighted by atomic mass is 9.93. The van der Waals surface area contributed by atoms with E-state index in [1.807, 2.05) is 48.5 Å². The molecule has 31 heavy (non-hydrogen) atoms. The summed E-state index contributed by atoms with van der Waals surface area (Å²) >= 11 is 7.79. The summed E-state index contributed by atoms with van der Waals surface area (Å²) in [6.07, 6.45) is 3.40. The summed E-state index contributed by atoms with van der Waals surface area (Å²) in [5, 5.41) is 4.83. The van der Waals surface area contributed by atoms with Gasteiger partial charge in [-0.15, -0.1) is 0 Å². The van der Waals surface area contributed by atoms with Gasteiger partial charge in [0.2, 0.25) is 0 Å². The summed E-state index contributed by atoms with van der Waals surface area (Å²) < 4.78 is 28.5. The molecule has 1 N–H and O–H groups in total. The molecule has 0 bridgehead atoms. The molecule has 2 aromatic carbocycles. The van der Waals surface area contributed by atoms with E-state index in [1.165, 1.54) is 5.41 Å². The molecular formula is C23H26ClFN2O2S2. The van der Waals surface area contributed by atoms with Crippen LogP contribution in [0.25, 0.3) is 11.1 Å². The van der Waals surface area contributed by atoms with E-state index in [0.717, 1.165) is 16.0 Å². The monoisotopic (exact) mass is 480 g/mol. The lowest BCUT2D eigenvalue weighted by Gasteiger charge is -2.35. The summed E-state index contributed by atoms with van der Waals surface area (Å²) in [7, 11) is -1.10. The summed E-state index contributed by atoms with van der Waals surface area (Å²) in [5.74, 6) is -0.604. The number of hydrogen-bond acceptors (Lipinski definition) is 4. The van der Waals surface area contributed by atoms with Crippen molar-refractivity contribution < 1.29 is 13.4 Å². The van der Waals surface area contributed by atoms with Crippen LogP contribution in [0, 0.1) is 0 Å². The standard InChI is InChI=1S/C23H26ClFN2O2S2/c1-17(10-15-31(2)29)26-22(28)23(25)11-13-27(14-12-23)30-21-9-8-19(24)16-20(21)18-6-4-3-5-7-18/h3-10,15-17H,11-14H2,1-2H3,(H,26,28)/b15-10-. The first-order valence-electron chi connectivity index (χ1n) is 10.1. The minimum Gasteiger partial charge on any atom is -0.347 e. The average molecular weight is 481 g/mol. The Morgan fingerprint density at radius 1 is 1.26 bits per heavy atom. The van der Waals surface area contributed by atoms with Crippen LogP contribution in [-0.2, 0) is 15.6 Å².